The van der Waals surface area contributed by atoms with Crippen LogP contribution in [0.4, 0.5) is 0 Å². The molecule has 0 amide bonds. The zero-order valence-electron chi connectivity index (χ0n) is 11.8. The molecule has 0 bridgehead atoms. The monoisotopic (exact) mass is 271 g/mol. The Morgan fingerprint density at radius 2 is 1.89 bits per heavy atom. The van der Waals surface area contributed by atoms with Gasteiger partial charge in [0, 0.05) is 15.8 Å². The topological polar surface area (TPSA) is 26.0 Å². The third-order valence-corrected chi connectivity index (χ3v) is 4.18. The van der Waals surface area contributed by atoms with Crippen LogP contribution in [0.25, 0.3) is 0 Å². The molecule has 0 radical (unpaired) electrons. The number of aryl methyl sites for hydroxylation is 2. The molecule has 0 saturated heterocycles. The maximum atomic E-state index is 5.85. The van der Waals surface area contributed by atoms with Gasteiger partial charge in [-0.2, -0.15) is 0 Å². The van der Waals surface area contributed by atoms with E-state index < -0.39 is 0 Å². The Balaban J connectivity index is 2.17. The van der Waals surface area contributed by atoms with Gasteiger partial charge < -0.3 is 5.73 Å². The highest BCUT2D eigenvalue weighted by molar-refractivity contribution is 7.99. The van der Waals surface area contributed by atoms with Crippen molar-refractivity contribution < 1.29 is 0 Å². The molecule has 0 saturated carbocycles. The van der Waals surface area contributed by atoms with Crippen molar-refractivity contribution in [3.05, 3.63) is 59.2 Å². The minimum absolute atomic E-state index is 0.217. The summed E-state index contributed by atoms with van der Waals surface area (Å²) in [5, 5.41) is 0. The van der Waals surface area contributed by atoms with Crippen molar-refractivity contribution in [3.63, 3.8) is 0 Å². The van der Waals surface area contributed by atoms with E-state index >= 15 is 0 Å². The van der Waals surface area contributed by atoms with Gasteiger partial charge in [0.05, 0.1) is 0 Å². The Kier molecular flexibility index (Phi) is 4.67. The average Bonchev–Trinajstić information content (AvgIpc) is 2.32. The number of nitrogens with two attached hydrogens (primary N) is 1. The SMILES string of the molecule is Cc1cccc(Sc2ccc(CC(C)N)cc2C)c1. The van der Waals surface area contributed by atoms with E-state index in [2.05, 4.69) is 56.3 Å². The van der Waals surface area contributed by atoms with Gasteiger partial charge in [-0.3, -0.25) is 0 Å². The molecule has 0 aliphatic carbocycles. The van der Waals surface area contributed by atoms with Crippen LogP contribution >= 0.6 is 11.8 Å². The maximum Gasteiger partial charge on any atom is 0.0151 e. The van der Waals surface area contributed by atoms with Crippen molar-refractivity contribution in [1.29, 1.82) is 0 Å². The van der Waals surface area contributed by atoms with Crippen LogP contribution < -0.4 is 5.73 Å². The predicted octanol–water partition coefficient (Wildman–Crippen LogP) is 4.34. The summed E-state index contributed by atoms with van der Waals surface area (Å²) < 4.78 is 0. The zero-order chi connectivity index (χ0) is 13.8. The van der Waals surface area contributed by atoms with E-state index in [0.717, 1.165) is 6.42 Å². The smallest absolute Gasteiger partial charge is 0.0151 e. The van der Waals surface area contributed by atoms with E-state index in [0.29, 0.717) is 0 Å². The molecule has 0 aromatic heterocycles. The molecule has 1 atom stereocenters. The summed E-state index contributed by atoms with van der Waals surface area (Å²) in [7, 11) is 0. The van der Waals surface area contributed by atoms with E-state index in [1.165, 1.54) is 26.5 Å². The lowest BCUT2D eigenvalue weighted by atomic mass is 10.1. The summed E-state index contributed by atoms with van der Waals surface area (Å²) in [6, 6.07) is 15.5. The molecule has 1 unspecified atom stereocenters. The Hall–Kier alpha value is -1.25. The normalized spacial score (nSPS) is 12.4. The maximum absolute atomic E-state index is 5.85. The molecule has 0 fully saturated rings. The third kappa shape index (κ3) is 4.12. The van der Waals surface area contributed by atoms with E-state index in [4.69, 9.17) is 5.73 Å². The number of rotatable bonds is 4. The van der Waals surface area contributed by atoms with E-state index in [-0.39, 0.29) is 6.04 Å². The molecule has 100 valence electrons. The highest BCUT2D eigenvalue weighted by atomic mass is 32.2. The van der Waals surface area contributed by atoms with Crippen molar-refractivity contribution >= 4 is 11.8 Å². The zero-order valence-corrected chi connectivity index (χ0v) is 12.6. The molecule has 2 rings (SSSR count). The molecule has 2 aromatic carbocycles. The lowest BCUT2D eigenvalue weighted by Gasteiger charge is -2.10. The van der Waals surface area contributed by atoms with Crippen molar-refractivity contribution in [2.75, 3.05) is 0 Å². The summed E-state index contributed by atoms with van der Waals surface area (Å²) in [5.74, 6) is 0. The Bertz CT molecular complexity index is 561. The second-order valence-electron chi connectivity index (χ2n) is 5.20. The van der Waals surface area contributed by atoms with Crippen LogP contribution in [0, 0.1) is 13.8 Å². The second-order valence-corrected chi connectivity index (χ2v) is 6.32. The summed E-state index contributed by atoms with van der Waals surface area (Å²) in [6.45, 7) is 6.34. The van der Waals surface area contributed by atoms with Crippen molar-refractivity contribution in [3.8, 4) is 0 Å². The highest BCUT2D eigenvalue weighted by Crippen LogP contribution is 2.31. The van der Waals surface area contributed by atoms with Crippen LogP contribution in [0.15, 0.2) is 52.3 Å². The van der Waals surface area contributed by atoms with Crippen LogP contribution in [-0.2, 0) is 6.42 Å². The molecule has 2 aromatic rings. The number of benzene rings is 2. The average molecular weight is 271 g/mol. The highest BCUT2D eigenvalue weighted by Gasteiger charge is 2.04. The quantitative estimate of drug-likeness (QED) is 0.895. The van der Waals surface area contributed by atoms with Gasteiger partial charge in [0.1, 0.15) is 0 Å². The minimum atomic E-state index is 0.217. The van der Waals surface area contributed by atoms with Gasteiger partial charge in [-0.05, 0) is 56.5 Å². The minimum Gasteiger partial charge on any atom is -0.328 e. The third-order valence-electron chi connectivity index (χ3n) is 3.01. The first-order chi connectivity index (χ1) is 9.04. The molecular formula is C17H21NS. The number of hydrogen-bond acceptors (Lipinski definition) is 2. The molecule has 0 spiro atoms. The van der Waals surface area contributed by atoms with Gasteiger partial charge >= 0.3 is 0 Å². The Labute approximate surface area is 120 Å². The number of hydrogen-bond donors (Lipinski definition) is 1. The van der Waals surface area contributed by atoms with Crippen molar-refractivity contribution in [2.45, 2.75) is 43.0 Å². The molecule has 0 aliphatic heterocycles. The van der Waals surface area contributed by atoms with Crippen LogP contribution in [0.1, 0.15) is 23.6 Å². The summed E-state index contributed by atoms with van der Waals surface area (Å²) in [4.78, 5) is 2.61. The largest absolute Gasteiger partial charge is 0.328 e. The van der Waals surface area contributed by atoms with Crippen LogP contribution in [0.5, 0.6) is 0 Å². The lowest BCUT2D eigenvalue weighted by Crippen LogP contribution is -2.17. The molecule has 0 heterocycles. The molecular weight excluding hydrogens is 250 g/mol. The predicted molar refractivity (Wildman–Crippen MR) is 83.8 cm³/mol. The second kappa shape index (κ2) is 6.27. The summed E-state index contributed by atoms with van der Waals surface area (Å²) >= 11 is 1.82. The van der Waals surface area contributed by atoms with E-state index in [9.17, 15) is 0 Å². The van der Waals surface area contributed by atoms with Gasteiger partial charge in [-0.1, -0.05) is 41.6 Å². The van der Waals surface area contributed by atoms with Gasteiger partial charge in [0.2, 0.25) is 0 Å². The Morgan fingerprint density at radius 3 is 2.53 bits per heavy atom. The van der Waals surface area contributed by atoms with Crippen LogP contribution in [0.2, 0.25) is 0 Å². The summed E-state index contributed by atoms with van der Waals surface area (Å²) in [6.07, 6.45) is 0.941. The first kappa shape index (κ1) is 14.2. The van der Waals surface area contributed by atoms with Gasteiger partial charge in [-0.25, -0.2) is 0 Å². The fourth-order valence-electron chi connectivity index (χ4n) is 2.13. The Morgan fingerprint density at radius 1 is 1.11 bits per heavy atom. The fourth-order valence-corrected chi connectivity index (χ4v) is 3.13. The molecule has 2 heteroatoms. The van der Waals surface area contributed by atoms with Crippen molar-refractivity contribution in [1.82, 2.24) is 0 Å². The van der Waals surface area contributed by atoms with Gasteiger partial charge in [0.25, 0.3) is 0 Å². The fraction of sp³-hybridized carbons (Fsp3) is 0.294. The van der Waals surface area contributed by atoms with E-state index in [1.54, 1.807) is 0 Å². The van der Waals surface area contributed by atoms with Gasteiger partial charge in [0.15, 0.2) is 0 Å². The van der Waals surface area contributed by atoms with E-state index in [1.807, 2.05) is 18.7 Å². The molecule has 1 nitrogen and oxygen atoms in total. The standard InChI is InChI=1S/C17H21NS/c1-12-5-4-6-16(9-12)19-17-8-7-15(10-13(17)2)11-14(3)18/h4-10,14H,11,18H2,1-3H3. The molecule has 0 aliphatic rings. The molecule has 19 heavy (non-hydrogen) atoms. The molecule has 2 N–H and O–H groups in total. The lowest BCUT2D eigenvalue weighted by molar-refractivity contribution is 0.737. The first-order valence-corrected chi connectivity index (χ1v) is 7.46. The summed E-state index contributed by atoms with van der Waals surface area (Å²) in [5.41, 5.74) is 9.79. The van der Waals surface area contributed by atoms with Crippen molar-refractivity contribution in [2.24, 2.45) is 5.73 Å². The van der Waals surface area contributed by atoms with Crippen LogP contribution in [-0.4, -0.2) is 6.04 Å². The van der Waals surface area contributed by atoms with Gasteiger partial charge in [-0.15, -0.1) is 0 Å². The van der Waals surface area contributed by atoms with Crippen LogP contribution in [0.3, 0.4) is 0 Å². The first-order valence-electron chi connectivity index (χ1n) is 6.64.